The van der Waals surface area contributed by atoms with Crippen molar-refractivity contribution in [2.24, 2.45) is 0 Å². The molecule has 6 heteroatoms. The van der Waals surface area contributed by atoms with Gasteiger partial charge in [0.2, 0.25) is 5.52 Å². The monoisotopic (exact) mass is 471 g/mol. The van der Waals surface area contributed by atoms with E-state index in [1.54, 1.807) is 23.1 Å². The number of hydrogen-bond donors (Lipinski definition) is 0. The third-order valence-electron chi connectivity index (χ3n) is 4.82. The second-order valence-corrected chi connectivity index (χ2v) is 9.83. The summed E-state index contributed by atoms with van der Waals surface area (Å²) < 4.78 is 3.51. The molecule has 2 heterocycles. The largest absolute Gasteiger partial charge is 0.335 e. The van der Waals surface area contributed by atoms with E-state index in [0.29, 0.717) is 0 Å². The maximum absolute atomic E-state index is 6.19. The Labute approximate surface area is 195 Å². The summed E-state index contributed by atoms with van der Waals surface area (Å²) in [5.74, 6) is 6.52. The highest BCUT2D eigenvalue weighted by Gasteiger charge is 2.23. The van der Waals surface area contributed by atoms with Crippen molar-refractivity contribution in [2.45, 2.75) is 32.2 Å². The minimum atomic E-state index is 0.757. The first-order valence-corrected chi connectivity index (χ1v) is 12.2. The number of hydrogen-bond acceptors (Lipinski definition) is 3. The molecule has 0 saturated heterocycles. The lowest BCUT2D eigenvalue weighted by Gasteiger charge is -2.17. The molecule has 152 valence electrons. The number of fused-ring (bicyclic) bond motifs is 2. The summed E-state index contributed by atoms with van der Waals surface area (Å²) in [5, 5.41) is 3.84. The van der Waals surface area contributed by atoms with E-state index in [9.17, 15) is 0 Å². The molecule has 0 bridgehead atoms. The number of rotatable bonds is 3. The Kier molecular flexibility index (Phi) is 6.46. The fourth-order valence-electron chi connectivity index (χ4n) is 3.45. The number of anilines is 1. The van der Waals surface area contributed by atoms with Gasteiger partial charge in [0.1, 0.15) is 11.2 Å². The van der Waals surface area contributed by atoms with E-state index in [-0.39, 0.29) is 0 Å². The molecule has 2 nitrogen and oxygen atoms in total. The summed E-state index contributed by atoms with van der Waals surface area (Å²) >= 11 is 15.9. The Morgan fingerprint density at radius 3 is 2.67 bits per heavy atom. The predicted molar refractivity (Wildman–Crippen MR) is 133 cm³/mol. The number of nitrogens with zero attached hydrogens (tertiary/aromatic N) is 2. The molecule has 0 radical (unpaired) electrons. The van der Waals surface area contributed by atoms with Gasteiger partial charge in [-0.3, -0.25) is 0 Å². The van der Waals surface area contributed by atoms with Crippen LogP contribution in [0.4, 0.5) is 5.69 Å². The van der Waals surface area contributed by atoms with Crippen molar-refractivity contribution >= 4 is 68.3 Å². The Hall–Kier alpha value is -1.90. The van der Waals surface area contributed by atoms with E-state index < -0.39 is 0 Å². The number of aromatic nitrogens is 1. The normalized spacial score (nSPS) is 14.9. The van der Waals surface area contributed by atoms with Crippen LogP contribution < -0.4 is 9.47 Å². The molecular formula is C24H21Cl2N2S2+. The molecule has 0 aliphatic carbocycles. The Bertz CT molecular complexity index is 1250. The lowest BCUT2D eigenvalue weighted by atomic mass is 10.2. The van der Waals surface area contributed by atoms with Crippen LogP contribution in [0.5, 0.6) is 0 Å². The number of aryl methyl sites for hydroxylation is 1. The molecule has 0 unspecified atom stereocenters. The van der Waals surface area contributed by atoms with Crippen molar-refractivity contribution in [3.8, 4) is 11.8 Å². The number of benzene rings is 2. The molecule has 1 aromatic heterocycles. The molecule has 3 aromatic rings. The highest BCUT2D eigenvalue weighted by Crippen LogP contribution is 2.46. The second-order valence-electron chi connectivity index (χ2n) is 6.83. The predicted octanol–water partition coefficient (Wildman–Crippen LogP) is 7.40. The number of halogens is 2. The number of allylic oxidation sites excluding steroid dienone is 2. The van der Waals surface area contributed by atoms with Gasteiger partial charge in [0, 0.05) is 45.3 Å². The molecule has 0 fully saturated rings. The summed E-state index contributed by atoms with van der Waals surface area (Å²) in [6, 6.07) is 12.1. The van der Waals surface area contributed by atoms with Gasteiger partial charge in [-0.05, 0) is 51.1 Å². The molecular weight excluding hydrogens is 451 g/mol. The third-order valence-corrected chi connectivity index (χ3v) is 7.52. The van der Waals surface area contributed by atoms with E-state index in [2.05, 4.69) is 60.3 Å². The average molecular weight is 472 g/mol. The molecule has 0 spiro atoms. The quantitative estimate of drug-likeness (QED) is 0.290. The summed E-state index contributed by atoms with van der Waals surface area (Å²) in [7, 11) is 0. The molecule has 30 heavy (non-hydrogen) atoms. The van der Waals surface area contributed by atoms with Crippen LogP contribution in [0.25, 0.3) is 16.3 Å². The van der Waals surface area contributed by atoms with Gasteiger partial charge in [-0.1, -0.05) is 58.1 Å². The zero-order chi connectivity index (χ0) is 21.3. The highest BCUT2D eigenvalue weighted by molar-refractivity contribution is 8.03. The van der Waals surface area contributed by atoms with Crippen LogP contribution in [0.1, 0.15) is 25.8 Å². The molecule has 1 aliphatic heterocycles. The van der Waals surface area contributed by atoms with Gasteiger partial charge in [-0.25, -0.2) is 0 Å². The molecule has 0 atom stereocenters. The average Bonchev–Trinajstić information content (AvgIpc) is 3.23. The van der Waals surface area contributed by atoms with Gasteiger partial charge in [-0.2, -0.15) is 4.57 Å². The van der Waals surface area contributed by atoms with E-state index in [1.165, 1.54) is 20.1 Å². The SMILES string of the molecule is CCN1C(=CC#CC(C)=Cc2sc3ccc(Cl)cc3[n+]2CC)Sc2ccc(Cl)cc21. The Balaban J connectivity index is 1.61. The maximum atomic E-state index is 6.19. The Morgan fingerprint density at radius 2 is 1.90 bits per heavy atom. The van der Waals surface area contributed by atoms with Crippen molar-refractivity contribution in [1.82, 2.24) is 0 Å². The van der Waals surface area contributed by atoms with Crippen LogP contribution in [0.3, 0.4) is 0 Å². The van der Waals surface area contributed by atoms with E-state index >= 15 is 0 Å². The van der Waals surface area contributed by atoms with Crippen LogP contribution in [0, 0.1) is 11.8 Å². The van der Waals surface area contributed by atoms with Gasteiger partial charge >= 0.3 is 0 Å². The minimum absolute atomic E-state index is 0.757. The first-order valence-electron chi connectivity index (χ1n) is 9.77. The molecule has 0 saturated carbocycles. The zero-order valence-electron chi connectivity index (χ0n) is 17.0. The van der Waals surface area contributed by atoms with Crippen LogP contribution in [-0.2, 0) is 6.54 Å². The third kappa shape index (κ3) is 4.26. The van der Waals surface area contributed by atoms with Crippen LogP contribution in [0.15, 0.2) is 58.0 Å². The van der Waals surface area contributed by atoms with Gasteiger partial charge in [-0.15, -0.1) is 0 Å². The number of thiazole rings is 1. The van der Waals surface area contributed by atoms with E-state index in [0.717, 1.165) is 39.4 Å². The molecule has 2 aromatic carbocycles. The Morgan fingerprint density at radius 1 is 1.13 bits per heavy atom. The second kappa shape index (κ2) is 9.08. The topological polar surface area (TPSA) is 7.12 Å². The summed E-state index contributed by atoms with van der Waals surface area (Å²) in [6.07, 6.45) is 4.15. The smallest absolute Gasteiger partial charge is 0.263 e. The van der Waals surface area contributed by atoms with Crippen LogP contribution in [0.2, 0.25) is 10.0 Å². The molecule has 0 amide bonds. The van der Waals surface area contributed by atoms with Gasteiger partial charge in [0.25, 0.3) is 5.01 Å². The van der Waals surface area contributed by atoms with Crippen LogP contribution >= 0.6 is 46.3 Å². The van der Waals surface area contributed by atoms with Crippen LogP contribution in [-0.4, -0.2) is 6.54 Å². The van der Waals surface area contributed by atoms with E-state index in [1.807, 2.05) is 30.3 Å². The van der Waals surface area contributed by atoms with Crippen molar-refractivity contribution in [2.75, 3.05) is 11.4 Å². The van der Waals surface area contributed by atoms with Crippen molar-refractivity contribution in [3.05, 3.63) is 68.1 Å². The van der Waals surface area contributed by atoms with Crippen molar-refractivity contribution in [3.63, 3.8) is 0 Å². The van der Waals surface area contributed by atoms with Gasteiger partial charge < -0.3 is 4.90 Å². The molecule has 4 rings (SSSR count). The first kappa shape index (κ1) is 21.3. The fourth-order valence-corrected chi connectivity index (χ4v) is 6.08. The molecule has 1 aliphatic rings. The lowest BCUT2D eigenvalue weighted by molar-refractivity contribution is -0.665. The summed E-state index contributed by atoms with van der Waals surface area (Å²) in [5.41, 5.74) is 3.35. The minimum Gasteiger partial charge on any atom is -0.335 e. The van der Waals surface area contributed by atoms with Gasteiger partial charge in [0.15, 0.2) is 0 Å². The molecule has 0 N–H and O–H groups in total. The van der Waals surface area contributed by atoms with Gasteiger partial charge in [0.05, 0.1) is 10.7 Å². The van der Waals surface area contributed by atoms with E-state index in [4.69, 9.17) is 23.2 Å². The fraction of sp³-hybridized carbons (Fsp3) is 0.208. The van der Waals surface area contributed by atoms with Crippen molar-refractivity contribution in [1.29, 1.82) is 0 Å². The summed E-state index contributed by atoms with van der Waals surface area (Å²) in [6.45, 7) is 8.11. The van der Waals surface area contributed by atoms with Crippen molar-refractivity contribution < 1.29 is 4.57 Å². The summed E-state index contributed by atoms with van der Waals surface area (Å²) in [4.78, 5) is 3.47. The number of thioether (sulfide) groups is 1. The maximum Gasteiger partial charge on any atom is 0.263 e. The highest BCUT2D eigenvalue weighted by atomic mass is 35.5. The lowest BCUT2D eigenvalue weighted by Crippen LogP contribution is -2.33. The standard InChI is InChI=1S/C24H21Cl2N2S2/c1-4-27-19-14-17(25)9-11-21(19)29-23(27)8-6-7-16(3)13-24-28(5-2)20-15-18(26)10-12-22(20)30-24/h8-15H,4-5H2,1-3H3/q+1. The zero-order valence-corrected chi connectivity index (χ0v) is 20.1. The first-order chi connectivity index (χ1) is 14.5.